The van der Waals surface area contributed by atoms with Gasteiger partial charge in [-0.25, -0.2) is 4.39 Å². The molecule has 2 aromatic carbocycles. The fourth-order valence-electron chi connectivity index (χ4n) is 3.14. The van der Waals surface area contributed by atoms with Crippen LogP contribution in [0, 0.1) is 5.82 Å². The van der Waals surface area contributed by atoms with Crippen molar-refractivity contribution in [2.75, 3.05) is 13.1 Å². The summed E-state index contributed by atoms with van der Waals surface area (Å²) in [7, 11) is 0. The van der Waals surface area contributed by atoms with Crippen LogP contribution in [0.3, 0.4) is 0 Å². The zero-order valence-electron chi connectivity index (χ0n) is 12.9. The lowest BCUT2D eigenvalue weighted by Crippen LogP contribution is -2.19. The first kappa shape index (κ1) is 17.0. The smallest absolute Gasteiger partial charge is 0.123 e. The summed E-state index contributed by atoms with van der Waals surface area (Å²) in [5.41, 5.74) is 4.56. The molecular weight excluding hydrogens is 346 g/mol. The Labute approximate surface area is 151 Å². The average Bonchev–Trinajstić information content (AvgIpc) is 2.95. The molecule has 0 atom stereocenters. The number of aromatic nitrogens is 1. The van der Waals surface area contributed by atoms with Crippen LogP contribution in [0.2, 0.25) is 5.02 Å². The maximum absolute atomic E-state index is 13.2. The minimum Gasteiger partial charge on any atom is -0.316 e. The normalized spacial score (nSPS) is 14.3. The first-order chi connectivity index (χ1) is 11.2. The minimum atomic E-state index is -0.227. The van der Waals surface area contributed by atoms with Gasteiger partial charge in [-0.3, -0.25) is 0 Å². The Morgan fingerprint density at radius 2 is 1.88 bits per heavy atom. The van der Waals surface area contributed by atoms with E-state index in [2.05, 4.69) is 22.2 Å². The SMILES string of the molecule is Cl.Fc1ccc(-n2cc(C3=CCNCC3)c3cc(Cl)ccc32)cc1. The molecule has 4 rings (SSSR count). The van der Waals surface area contributed by atoms with E-state index in [0.29, 0.717) is 0 Å². The third-order valence-corrected chi connectivity index (χ3v) is 4.52. The Hall–Kier alpha value is -1.81. The van der Waals surface area contributed by atoms with Crippen molar-refractivity contribution in [3.8, 4) is 5.69 Å². The first-order valence-corrected chi connectivity index (χ1v) is 8.07. The van der Waals surface area contributed by atoms with Crippen molar-refractivity contribution < 1.29 is 4.39 Å². The van der Waals surface area contributed by atoms with E-state index in [-0.39, 0.29) is 18.2 Å². The van der Waals surface area contributed by atoms with Crippen LogP contribution in [-0.2, 0) is 0 Å². The third-order valence-electron chi connectivity index (χ3n) is 4.28. The lowest BCUT2D eigenvalue weighted by molar-refractivity contribution is 0.627. The number of rotatable bonds is 2. The van der Waals surface area contributed by atoms with Gasteiger partial charge in [-0.2, -0.15) is 0 Å². The molecule has 0 spiro atoms. The summed E-state index contributed by atoms with van der Waals surface area (Å²) in [4.78, 5) is 0. The second-order valence-electron chi connectivity index (χ2n) is 5.73. The second-order valence-corrected chi connectivity index (χ2v) is 6.17. The number of nitrogens with one attached hydrogen (secondary N) is 1. The first-order valence-electron chi connectivity index (χ1n) is 7.69. The van der Waals surface area contributed by atoms with E-state index in [0.717, 1.165) is 41.1 Å². The molecule has 124 valence electrons. The van der Waals surface area contributed by atoms with Crippen LogP contribution in [0.15, 0.2) is 54.7 Å². The van der Waals surface area contributed by atoms with Crippen molar-refractivity contribution in [3.05, 3.63) is 71.1 Å². The topological polar surface area (TPSA) is 17.0 Å². The van der Waals surface area contributed by atoms with Crippen molar-refractivity contribution in [1.82, 2.24) is 9.88 Å². The standard InChI is InChI=1S/C19H16ClFN2.ClH/c20-14-1-6-19-17(11-14)18(13-7-9-22-10-8-13)12-23(19)16-4-2-15(21)3-5-16;/h1-7,11-12,22H,8-10H2;1H. The van der Waals surface area contributed by atoms with Gasteiger partial charge in [0.15, 0.2) is 0 Å². The van der Waals surface area contributed by atoms with Crippen LogP contribution in [-0.4, -0.2) is 17.7 Å². The summed E-state index contributed by atoms with van der Waals surface area (Å²) in [5.74, 6) is -0.227. The molecule has 0 fully saturated rings. The number of hydrogen-bond donors (Lipinski definition) is 1. The molecular formula is C19H17Cl2FN2. The average molecular weight is 363 g/mol. The van der Waals surface area contributed by atoms with Gasteiger partial charge >= 0.3 is 0 Å². The van der Waals surface area contributed by atoms with Gasteiger partial charge in [0.2, 0.25) is 0 Å². The predicted molar refractivity (Wildman–Crippen MR) is 101 cm³/mol. The molecule has 0 aliphatic carbocycles. The summed E-state index contributed by atoms with van der Waals surface area (Å²) >= 11 is 6.21. The van der Waals surface area contributed by atoms with Gasteiger partial charge in [0.1, 0.15) is 5.82 Å². The minimum absolute atomic E-state index is 0. The lowest BCUT2D eigenvalue weighted by Gasteiger charge is -2.13. The Kier molecular flexibility index (Phi) is 4.95. The Bertz CT molecular complexity index is 898. The van der Waals surface area contributed by atoms with Crippen molar-refractivity contribution >= 4 is 40.5 Å². The van der Waals surface area contributed by atoms with Gasteiger partial charge < -0.3 is 9.88 Å². The fourth-order valence-corrected chi connectivity index (χ4v) is 3.31. The van der Waals surface area contributed by atoms with E-state index in [4.69, 9.17) is 11.6 Å². The monoisotopic (exact) mass is 362 g/mol. The van der Waals surface area contributed by atoms with Gasteiger partial charge in [-0.15, -0.1) is 12.4 Å². The van der Waals surface area contributed by atoms with Crippen molar-refractivity contribution in [2.24, 2.45) is 0 Å². The molecule has 0 bridgehead atoms. The van der Waals surface area contributed by atoms with E-state index in [1.165, 1.54) is 23.3 Å². The molecule has 0 radical (unpaired) electrons. The highest BCUT2D eigenvalue weighted by atomic mass is 35.5. The van der Waals surface area contributed by atoms with E-state index in [1.807, 2.05) is 18.2 Å². The highest BCUT2D eigenvalue weighted by Gasteiger charge is 2.15. The number of nitrogens with zero attached hydrogens (tertiary/aromatic N) is 1. The molecule has 0 unspecified atom stereocenters. The molecule has 0 saturated carbocycles. The summed E-state index contributed by atoms with van der Waals surface area (Å²) < 4.78 is 15.3. The van der Waals surface area contributed by atoms with Crippen LogP contribution in [0.4, 0.5) is 4.39 Å². The zero-order chi connectivity index (χ0) is 15.8. The van der Waals surface area contributed by atoms with Crippen molar-refractivity contribution in [1.29, 1.82) is 0 Å². The van der Waals surface area contributed by atoms with E-state index < -0.39 is 0 Å². The molecule has 5 heteroatoms. The van der Waals surface area contributed by atoms with Crippen LogP contribution in [0.25, 0.3) is 22.2 Å². The van der Waals surface area contributed by atoms with Crippen LogP contribution in [0.1, 0.15) is 12.0 Å². The van der Waals surface area contributed by atoms with Crippen LogP contribution in [0.5, 0.6) is 0 Å². The summed E-state index contributed by atoms with van der Waals surface area (Å²) in [6, 6.07) is 12.5. The molecule has 2 nitrogen and oxygen atoms in total. The van der Waals surface area contributed by atoms with Gasteiger partial charge in [-0.05, 0) is 61.0 Å². The molecule has 1 aliphatic rings. The van der Waals surface area contributed by atoms with E-state index >= 15 is 0 Å². The molecule has 1 aromatic heterocycles. The predicted octanol–water partition coefficient (Wildman–Crippen LogP) is 5.22. The largest absolute Gasteiger partial charge is 0.316 e. The highest BCUT2D eigenvalue weighted by Crippen LogP contribution is 2.33. The van der Waals surface area contributed by atoms with Crippen LogP contribution < -0.4 is 5.32 Å². The molecule has 1 N–H and O–H groups in total. The quantitative estimate of drug-likeness (QED) is 0.660. The van der Waals surface area contributed by atoms with Crippen molar-refractivity contribution in [3.63, 3.8) is 0 Å². The second kappa shape index (κ2) is 6.98. The molecule has 0 amide bonds. The molecule has 1 aliphatic heterocycles. The van der Waals surface area contributed by atoms with Gasteiger partial charge in [0.25, 0.3) is 0 Å². The third kappa shape index (κ3) is 3.07. The Balaban J connectivity index is 0.00000169. The summed E-state index contributed by atoms with van der Waals surface area (Å²) in [5, 5.41) is 5.20. The maximum Gasteiger partial charge on any atom is 0.123 e. The van der Waals surface area contributed by atoms with E-state index in [1.54, 1.807) is 12.1 Å². The molecule has 0 saturated heterocycles. The van der Waals surface area contributed by atoms with E-state index in [9.17, 15) is 4.39 Å². The molecule has 24 heavy (non-hydrogen) atoms. The summed E-state index contributed by atoms with van der Waals surface area (Å²) in [6.07, 6.45) is 5.36. The number of hydrogen-bond acceptors (Lipinski definition) is 1. The number of halogens is 3. The lowest BCUT2D eigenvalue weighted by atomic mass is 10.00. The summed E-state index contributed by atoms with van der Waals surface area (Å²) in [6.45, 7) is 1.87. The Morgan fingerprint density at radius 3 is 2.58 bits per heavy atom. The van der Waals surface area contributed by atoms with Crippen LogP contribution >= 0.6 is 24.0 Å². The highest BCUT2D eigenvalue weighted by molar-refractivity contribution is 6.31. The molecule has 2 heterocycles. The zero-order valence-corrected chi connectivity index (χ0v) is 14.5. The number of benzene rings is 2. The fraction of sp³-hybridized carbons (Fsp3) is 0.158. The molecule has 3 aromatic rings. The maximum atomic E-state index is 13.2. The van der Waals surface area contributed by atoms with Crippen molar-refractivity contribution in [2.45, 2.75) is 6.42 Å². The van der Waals surface area contributed by atoms with Gasteiger partial charge in [-0.1, -0.05) is 17.7 Å². The Morgan fingerprint density at radius 1 is 1.08 bits per heavy atom. The van der Waals surface area contributed by atoms with Gasteiger partial charge in [0.05, 0.1) is 5.52 Å². The number of fused-ring (bicyclic) bond motifs is 1. The van der Waals surface area contributed by atoms with Gasteiger partial charge in [0, 0.05) is 34.4 Å².